The van der Waals surface area contributed by atoms with Gasteiger partial charge in [0.25, 0.3) is 0 Å². The zero-order valence-corrected chi connectivity index (χ0v) is 12.8. The van der Waals surface area contributed by atoms with Crippen molar-refractivity contribution in [2.45, 2.75) is 27.2 Å². The van der Waals surface area contributed by atoms with Crippen LogP contribution in [0.3, 0.4) is 0 Å². The molecule has 0 aromatic rings. The number of nitrogens with zero attached hydrogens (tertiary/aromatic N) is 1. The summed E-state index contributed by atoms with van der Waals surface area (Å²) in [5, 5.41) is 2.74. The number of hydrogen-bond acceptors (Lipinski definition) is 5. The van der Waals surface area contributed by atoms with Gasteiger partial charge in [-0.05, 0) is 12.3 Å². The first kappa shape index (κ1) is 16.4. The Hall–Kier alpha value is 0.360. The van der Waals surface area contributed by atoms with Crippen LogP contribution in [0.4, 0.5) is 0 Å². The highest BCUT2D eigenvalue weighted by atomic mass is 33.3. The first-order valence-corrected chi connectivity index (χ1v) is 9.82. The highest BCUT2D eigenvalue weighted by molar-refractivity contribution is 8.99. The van der Waals surface area contributed by atoms with Gasteiger partial charge in [-0.2, -0.15) is 0 Å². The predicted octanol–water partition coefficient (Wildman–Crippen LogP) is 3.81. The molecule has 0 saturated heterocycles. The van der Waals surface area contributed by atoms with Crippen LogP contribution >= 0.6 is 27.9 Å². The summed E-state index contributed by atoms with van der Waals surface area (Å²) in [6.45, 7) is 4.17. The summed E-state index contributed by atoms with van der Waals surface area (Å²) in [5.41, 5.74) is 0. The van der Waals surface area contributed by atoms with E-state index in [0.29, 0.717) is 5.92 Å². The quantitative estimate of drug-likeness (QED) is 0.229. The Labute approximate surface area is 106 Å². The molecule has 0 amide bonds. The number of nitrogens with one attached hydrogen (secondary N) is 1. The monoisotopic (exact) mass is 284 g/mol. The van der Waals surface area contributed by atoms with Gasteiger partial charge in [-0.25, -0.2) is 0 Å². The molecule has 0 aromatic heterocycles. The average molecular weight is 284 g/mol. The molecule has 0 aliphatic rings. The van der Waals surface area contributed by atoms with Crippen LogP contribution in [-0.4, -0.2) is 25.7 Å². The Kier molecular flexibility index (Phi) is 9.61. The molecule has 0 aliphatic carbocycles. The van der Waals surface area contributed by atoms with Gasteiger partial charge in [-0.3, -0.25) is 14.6 Å². The van der Waals surface area contributed by atoms with E-state index in [4.69, 9.17) is 4.52 Å². The van der Waals surface area contributed by atoms with Crippen LogP contribution < -0.4 is 5.09 Å². The molecule has 4 nitrogen and oxygen atoms in total. The van der Waals surface area contributed by atoms with Gasteiger partial charge in [0.15, 0.2) is 0 Å². The summed E-state index contributed by atoms with van der Waals surface area (Å²) in [6, 6.07) is 0. The third kappa shape index (κ3) is 8.50. The molecule has 1 N–H and O–H groups in total. The first-order chi connectivity index (χ1) is 7.54. The Morgan fingerprint density at radius 3 is 2.75 bits per heavy atom. The van der Waals surface area contributed by atoms with E-state index in [1.54, 1.807) is 10.8 Å². The zero-order chi connectivity index (χ0) is 12.4. The van der Waals surface area contributed by atoms with E-state index in [1.165, 1.54) is 23.9 Å². The molecule has 0 saturated carbocycles. The lowest BCUT2D eigenvalue weighted by Crippen LogP contribution is -2.07. The van der Waals surface area contributed by atoms with E-state index in [2.05, 4.69) is 30.9 Å². The summed E-state index contributed by atoms with van der Waals surface area (Å²) >= 11 is 0. The molecule has 0 heterocycles. The topological polar surface area (TPSA) is 50.7 Å². The summed E-state index contributed by atoms with van der Waals surface area (Å²) < 4.78 is 17.0. The van der Waals surface area contributed by atoms with E-state index in [0.717, 1.165) is 18.7 Å². The SMILES string of the molecule is CCCSSP(=O)(NC=NCC(C)C)OC. The molecular formula is C9H21N2O2PS2. The average Bonchev–Trinajstić information content (AvgIpc) is 2.25. The van der Waals surface area contributed by atoms with E-state index in [9.17, 15) is 4.57 Å². The van der Waals surface area contributed by atoms with Gasteiger partial charge in [-0.1, -0.05) is 31.6 Å². The van der Waals surface area contributed by atoms with Crippen molar-refractivity contribution in [2.24, 2.45) is 10.9 Å². The van der Waals surface area contributed by atoms with Crippen LogP contribution in [-0.2, 0) is 9.09 Å². The molecule has 7 heteroatoms. The lowest BCUT2D eigenvalue weighted by molar-refractivity contribution is 0.406. The molecular weight excluding hydrogens is 263 g/mol. The van der Waals surface area contributed by atoms with Gasteiger partial charge >= 0.3 is 6.72 Å². The van der Waals surface area contributed by atoms with Gasteiger partial charge in [0, 0.05) is 29.8 Å². The molecule has 0 rings (SSSR count). The lowest BCUT2D eigenvalue weighted by Gasteiger charge is -2.13. The minimum Gasteiger partial charge on any atom is -0.309 e. The standard InChI is InChI=1S/C9H21N2O2PS2/c1-5-6-15-16-14(12,13-4)11-8-10-7-9(2)3/h8-9H,5-7H2,1-4H3,(H,10,11,12). The van der Waals surface area contributed by atoms with E-state index < -0.39 is 6.72 Å². The molecule has 0 bridgehead atoms. The number of rotatable bonds is 9. The fourth-order valence-corrected chi connectivity index (χ4v) is 5.93. The molecule has 16 heavy (non-hydrogen) atoms. The Bertz CT molecular complexity index is 250. The number of aliphatic imine (C=N–C) groups is 1. The zero-order valence-electron chi connectivity index (χ0n) is 10.3. The normalized spacial score (nSPS) is 15.6. The fraction of sp³-hybridized carbons (Fsp3) is 0.889. The number of hydrogen-bond donors (Lipinski definition) is 1. The molecule has 1 atom stereocenters. The van der Waals surface area contributed by atoms with Gasteiger partial charge in [0.1, 0.15) is 0 Å². The third-order valence-electron chi connectivity index (χ3n) is 1.46. The highest BCUT2D eigenvalue weighted by Crippen LogP contribution is 2.60. The molecule has 0 aromatic carbocycles. The predicted molar refractivity (Wildman–Crippen MR) is 76.3 cm³/mol. The molecule has 0 radical (unpaired) electrons. The molecule has 1 unspecified atom stereocenters. The minimum absolute atomic E-state index is 0.502. The Morgan fingerprint density at radius 1 is 1.56 bits per heavy atom. The summed E-state index contributed by atoms with van der Waals surface area (Å²) in [7, 11) is 4.26. The second-order valence-corrected chi connectivity index (χ2v) is 9.94. The maximum Gasteiger partial charge on any atom is 0.361 e. The molecule has 96 valence electrons. The van der Waals surface area contributed by atoms with E-state index in [-0.39, 0.29) is 0 Å². The van der Waals surface area contributed by atoms with Crippen LogP contribution in [0.1, 0.15) is 27.2 Å². The second kappa shape index (κ2) is 9.40. The van der Waals surface area contributed by atoms with Crippen molar-refractivity contribution in [3.63, 3.8) is 0 Å². The maximum absolute atomic E-state index is 12.0. The van der Waals surface area contributed by atoms with Crippen molar-refractivity contribution in [3.05, 3.63) is 0 Å². The van der Waals surface area contributed by atoms with Crippen molar-refractivity contribution in [1.29, 1.82) is 0 Å². The van der Waals surface area contributed by atoms with Crippen molar-refractivity contribution >= 4 is 34.3 Å². The Morgan fingerprint density at radius 2 is 2.25 bits per heavy atom. The maximum atomic E-state index is 12.0. The molecule has 0 aliphatic heterocycles. The van der Waals surface area contributed by atoms with E-state index >= 15 is 0 Å². The van der Waals surface area contributed by atoms with Crippen molar-refractivity contribution in [3.8, 4) is 0 Å². The van der Waals surface area contributed by atoms with Crippen LogP contribution in [0.25, 0.3) is 0 Å². The van der Waals surface area contributed by atoms with Crippen LogP contribution in [0.5, 0.6) is 0 Å². The largest absolute Gasteiger partial charge is 0.361 e. The van der Waals surface area contributed by atoms with Crippen LogP contribution in [0.15, 0.2) is 4.99 Å². The van der Waals surface area contributed by atoms with Crippen LogP contribution in [0.2, 0.25) is 0 Å². The van der Waals surface area contributed by atoms with Crippen LogP contribution in [0, 0.1) is 5.92 Å². The van der Waals surface area contributed by atoms with Gasteiger partial charge in [0.05, 0.1) is 6.34 Å². The van der Waals surface area contributed by atoms with Gasteiger partial charge in [-0.15, -0.1) is 0 Å². The van der Waals surface area contributed by atoms with Crippen molar-refractivity contribution in [2.75, 3.05) is 19.4 Å². The third-order valence-corrected chi connectivity index (χ3v) is 8.13. The van der Waals surface area contributed by atoms with Gasteiger partial charge in [0.2, 0.25) is 0 Å². The lowest BCUT2D eigenvalue weighted by atomic mass is 10.2. The van der Waals surface area contributed by atoms with E-state index in [1.807, 2.05) is 0 Å². The summed E-state index contributed by atoms with van der Waals surface area (Å²) in [4.78, 5) is 4.12. The summed E-state index contributed by atoms with van der Waals surface area (Å²) in [6.07, 6.45) is 2.55. The Balaban J connectivity index is 3.96. The smallest absolute Gasteiger partial charge is 0.309 e. The summed E-state index contributed by atoms with van der Waals surface area (Å²) in [5.74, 6) is 1.46. The fourth-order valence-electron chi connectivity index (χ4n) is 0.670. The van der Waals surface area contributed by atoms with Gasteiger partial charge < -0.3 is 4.52 Å². The van der Waals surface area contributed by atoms with Crippen molar-refractivity contribution < 1.29 is 9.09 Å². The second-order valence-electron chi connectivity index (χ2n) is 3.59. The molecule has 0 fully saturated rings. The highest BCUT2D eigenvalue weighted by Gasteiger charge is 2.21. The first-order valence-electron chi connectivity index (χ1n) is 5.27. The minimum atomic E-state index is -2.81. The molecule has 0 spiro atoms. The van der Waals surface area contributed by atoms with Crippen molar-refractivity contribution in [1.82, 2.24) is 5.09 Å².